The lowest BCUT2D eigenvalue weighted by atomic mass is 9.95. The van der Waals surface area contributed by atoms with E-state index in [1.165, 1.54) is 45.2 Å². The van der Waals surface area contributed by atoms with Crippen LogP contribution in [0.15, 0.2) is 0 Å². The molecule has 0 radical (unpaired) electrons. The van der Waals surface area contributed by atoms with Crippen LogP contribution in [-0.2, 0) is 4.74 Å². The number of ether oxygens (including phenoxy) is 1. The van der Waals surface area contributed by atoms with Crippen molar-refractivity contribution in [2.75, 3.05) is 26.2 Å². The van der Waals surface area contributed by atoms with Gasteiger partial charge in [-0.15, -0.1) is 0 Å². The molecule has 0 aliphatic carbocycles. The molecule has 0 aromatic rings. The predicted octanol–water partition coefficient (Wildman–Crippen LogP) is 2.65. The highest BCUT2D eigenvalue weighted by atomic mass is 16.5. The molecule has 3 unspecified atom stereocenters. The van der Waals surface area contributed by atoms with Gasteiger partial charge in [-0.2, -0.15) is 0 Å². The molecule has 1 N–H and O–H groups in total. The molecule has 0 saturated carbocycles. The first-order valence-corrected chi connectivity index (χ1v) is 8.28. The lowest BCUT2D eigenvalue weighted by Crippen LogP contribution is -2.40. The maximum atomic E-state index is 6.18. The number of hydrogen-bond donors (Lipinski definition) is 1. The van der Waals surface area contributed by atoms with Crippen molar-refractivity contribution in [1.29, 1.82) is 0 Å². The molecule has 0 bridgehead atoms. The number of piperidine rings is 1. The molecule has 3 nitrogen and oxygen atoms in total. The van der Waals surface area contributed by atoms with Gasteiger partial charge < -0.3 is 15.0 Å². The lowest BCUT2D eigenvalue weighted by molar-refractivity contribution is 0.0141. The van der Waals surface area contributed by atoms with Gasteiger partial charge in [0.15, 0.2) is 0 Å². The largest absolute Gasteiger partial charge is 0.372 e. The third-order valence-corrected chi connectivity index (χ3v) is 4.59. The van der Waals surface area contributed by atoms with Crippen molar-refractivity contribution in [3.05, 3.63) is 0 Å². The Balaban J connectivity index is 1.66. The average Bonchev–Trinajstić information content (AvgIpc) is 2.84. The summed E-state index contributed by atoms with van der Waals surface area (Å²) in [5.41, 5.74) is 0. The van der Waals surface area contributed by atoms with Crippen molar-refractivity contribution in [2.24, 2.45) is 5.92 Å². The van der Waals surface area contributed by atoms with Gasteiger partial charge >= 0.3 is 0 Å². The molecule has 0 amide bonds. The summed E-state index contributed by atoms with van der Waals surface area (Å²) in [4.78, 5) is 2.64. The Hall–Kier alpha value is -0.120. The highest BCUT2D eigenvalue weighted by Crippen LogP contribution is 2.24. The second-order valence-electron chi connectivity index (χ2n) is 6.70. The molecule has 2 saturated heterocycles. The van der Waals surface area contributed by atoms with Gasteiger partial charge in [-0.25, -0.2) is 0 Å². The van der Waals surface area contributed by atoms with E-state index in [2.05, 4.69) is 31.0 Å². The van der Waals surface area contributed by atoms with Crippen molar-refractivity contribution in [3.8, 4) is 0 Å². The van der Waals surface area contributed by atoms with Crippen molar-refractivity contribution in [2.45, 2.75) is 71.1 Å². The second-order valence-corrected chi connectivity index (χ2v) is 6.70. The lowest BCUT2D eigenvalue weighted by Gasteiger charge is -2.33. The van der Waals surface area contributed by atoms with E-state index in [1.807, 2.05) is 0 Å². The van der Waals surface area contributed by atoms with Crippen LogP contribution in [0.3, 0.4) is 0 Å². The average molecular weight is 268 g/mol. The number of hydrogen-bond acceptors (Lipinski definition) is 3. The van der Waals surface area contributed by atoms with Gasteiger partial charge in [0, 0.05) is 25.7 Å². The van der Waals surface area contributed by atoms with Gasteiger partial charge in [-0.3, -0.25) is 0 Å². The minimum Gasteiger partial charge on any atom is -0.372 e. The predicted molar refractivity (Wildman–Crippen MR) is 80.5 cm³/mol. The Labute approximate surface area is 119 Å². The summed E-state index contributed by atoms with van der Waals surface area (Å²) in [5, 5.41) is 3.49. The third-order valence-electron chi connectivity index (χ3n) is 4.59. The van der Waals surface area contributed by atoms with E-state index >= 15 is 0 Å². The van der Waals surface area contributed by atoms with E-state index in [1.54, 1.807) is 0 Å². The van der Waals surface area contributed by atoms with E-state index in [9.17, 15) is 0 Å². The van der Waals surface area contributed by atoms with Gasteiger partial charge in [0.05, 0.1) is 12.2 Å². The van der Waals surface area contributed by atoms with E-state index in [-0.39, 0.29) is 0 Å². The standard InChI is InChI=1S/C16H32N2O/c1-4-14-6-5-9-18(11-14)12-16-8-7-15(19-16)10-17-13(2)3/h13-17H,4-12H2,1-3H3. The Morgan fingerprint density at radius 1 is 1.21 bits per heavy atom. The quantitative estimate of drug-likeness (QED) is 0.801. The first-order valence-electron chi connectivity index (χ1n) is 8.28. The van der Waals surface area contributed by atoms with Gasteiger partial charge in [0.25, 0.3) is 0 Å². The first-order chi connectivity index (χ1) is 9.17. The molecule has 0 aromatic heterocycles. The first kappa shape index (κ1) is 15.3. The van der Waals surface area contributed by atoms with E-state index in [0.717, 1.165) is 19.0 Å². The van der Waals surface area contributed by atoms with Crippen LogP contribution in [0.2, 0.25) is 0 Å². The maximum absolute atomic E-state index is 6.18. The van der Waals surface area contributed by atoms with Crippen LogP contribution in [0, 0.1) is 5.92 Å². The van der Waals surface area contributed by atoms with Crippen LogP contribution in [0.4, 0.5) is 0 Å². The van der Waals surface area contributed by atoms with Crippen molar-refractivity contribution in [3.63, 3.8) is 0 Å². The monoisotopic (exact) mass is 268 g/mol. The highest BCUT2D eigenvalue weighted by molar-refractivity contribution is 4.81. The third kappa shape index (κ3) is 5.05. The van der Waals surface area contributed by atoms with Crippen molar-refractivity contribution in [1.82, 2.24) is 10.2 Å². The molecule has 3 heteroatoms. The molecule has 2 rings (SSSR count). The number of nitrogens with one attached hydrogen (secondary N) is 1. The summed E-state index contributed by atoms with van der Waals surface area (Å²) in [6, 6.07) is 0.565. The molecule has 0 spiro atoms. The fraction of sp³-hybridized carbons (Fsp3) is 1.00. The summed E-state index contributed by atoms with van der Waals surface area (Å²) >= 11 is 0. The molecule has 2 aliphatic rings. The Kier molecular flexibility index (Phi) is 6.11. The van der Waals surface area contributed by atoms with E-state index in [0.29, 0.717) is 18.2 Å². The SMILES string of the molecule is CCC1CCCN(CC2CCC(CNC(C)C)O2)C1. The van der Waals surface area contributed by atoms with E-state index < -0.39 is 0 Å². The zero-order valence-corrected chi connectivity index (χ0v) is 13.0. The Bertz CT molecular complexity index is 257. The fourth-order valence-electron chi connectivity index (χ4n) is 3.37. The normalized spacial score (nSPS) is 33.2. The van der Waals surface area contributed by atoms with Gasteiger partial charge in [0.2, 0.25) is 0 Å². The van der Waals surface area contributed by atoms with Crippen LogP contribution < -0.4 is 5.32 Å². The van der Waals surface area contributed by atoms with Gasteiger partial charge in [-0.05, 0) is 38.1 Å². The van der Waals surface area contributed by atoms with Crippen LogP contribution in [0.25, 0.3) is 0 Å². The molecule has 0 aromatic carbocycles. The maximum Gasteiger partial charge on any atom is 0.0707 e. The summed E-state index contributed by atoms with van der Waals surface area (Å²) in [6.07, 6.45) is 7.55. The fourth-order valence-corrected chi connectivity index (χ4v) is 3.37. The molecule has 2 aliphatic heterocycles. The molecular formula is C16H32N2O. The Morgan fingerprint density at radius 3 is 2.74 bits per heavy atom. The minimum absolute atomic E-state index is 0.444. The molecule has 19 heavy (non-hydrogen) atoms. The number of rotatable bonds is 6. The van der Waals surface area contributed by atoms with Gasteiger partial charge in [-0.1, -0.05) is 27.2 Å². The summed E-state index contributed by atoms with van der Waals surface area (Å²) in [7, 11) is 0. The van der Waals surface area contributed by atoms with Gasteiger partial charge in [0.1, 0.15) is 0 Å². The zero-order chi connectivity index (χ0) is 13.7. The minimum atomic E-state index is 0.444. The topological polar surface area (TPSA) is 24.5 Å². The van der Waals surface area contributed by atoms with Crippen molar-refractivity contribution < 1.29 is 4.74 Å². The van der Waals surface area contributed by atoms with Crippen LogP contribution >= 0.6 is 0 Å². The van der Waals surface area contributed by atoms with Crippen molar-refractivity contribution >= 4 is 0 Å². The smallest absolute Gasteiger partial charge is 0.0707 e. The number of nitrogens with zero attached hydrogens (tertiary/aromatic N) is 1. The molecule has 2 heterocycles. The number of likely N-dealkylation sites (tertiary alicyclic amines) is 1. The highest BCUT2D eigenvalue weighted by Gasteiger charge is 2.28. The van der Waals surface area contributed by atoms with Crippen LogP contribution in [-0.4, -0.2) is 49.3 Å². The molecule has 112 valence electrons. The molecular weight excluding hydrogens is 236 g/mol. The van der Waals surface area contributed by atoms with E-state index in [4.69, 9.17) is 4.74 Å². The Morgan fingerprint density at radius 2 is 2.00 bits per heavy atom. The van der Waals surface area contributed by atoms with Crippen LogP contribution in [0.5, 0.6) is 0 Å². The van der Waals surface area contributed by atoms with Crippen LogP contribution in [0.1, 0.15) is 52.9 Å². The zero-order valence-electron chi connectivity index (χ0n) is 13.0. The summed E-state index contributed by atoms with van der Waals surface area (Å²) in [5.74, 6) is 0.925. The molecule has 3 atom stereocenters. The summed E-state index contributed by atoms with van der Waals surface area (Å²) in [6.45, 7) is 11.5. The molecule has 2 fully saturated rings. The summed E-state index contributed by atoms with van der Waals surface area (Å²) < 4.78 is 6.18. The second kappa shape index (κ2) is 7.61.